The summed E-state index contributed by atoms with van der Waals surface area (Å²) in [5, 5.41) is 3.17. The highest BCUT2D eigenvalue weighted by molar-refractivity contribution is 5.78. The zero-order chi connectivity index (χ0) is 15.9. The van der Waals surface area contributed by atoms with Gasteiger partial charge in [0.2, 0.25) is 5.91 Å². The van der Waals surface area contributed by atoms with Crippen LogP contribution in [0.4, 0.5) is 0 Å². The Morgan fingerprint density at radius 1 is 1.32 bits per heavy atom. The van der Waals surface area contributed by atoms with Gasteiger partial charge >= 0.3 is 0 Å². The smallest absolute Gasteiger partial charge is 0.234 e. The van der Waals surface area contributed by atoms with Crippen molar-refractivity contribution in [1.29, 1.82) is 0 Å². The third kappa shape index (κ3) is 5.34. The molecular formula is C18H28N2O2. The SMILES string of the molecule is COc1cccc(CN(C)CC(=O)NC2CCC(C)CC2)c1. The van der Waals surface area contributed by atoms with E-state index >= 15 is 0 Å². The number of amides is 1. The fourth-order valence-electron chi connectivity index (χ4n) is 3.06. The quantitative estimate of drug-likeness (QED) is 0.878. The van der Waals surface area contributed by atoms with Crippen molar-refractivity contribution in [3.8, 4) is 5.75 Å². The molecule has 0 aliphatic heterocycles. The van der Waals surface area contributed by atoms with E-state index in [2.05, 4.69) is 18.3 Å². The van der Waals surface area contributed by atoms with Crippen molar-refractivity contribution in [1.82, 2.24) is 10.2 Å². The van der Waals surface area contributed by atoms with Crippen molar-refractivity contribution in [3.63, 3.8) is 0 Å². The summed E-state index contributed by atoms with van der Waals surface area (Å²) in [5.41, 5.74) is 1.15. The summed E-state index contributed by atoms with van der Waals surface area (Å²) in [6, 6.07) is 8.34. The number of nitrogens with one attached hydrogen (secondary N) is 1. The minimum Gasteiger partial charge on any atom is -0.497 e. The number of likely N-dealkylation sites (N-methyl/N-ethyl adjacent to an activating group) is 1. The molecule has 0 atom stereocenters. The minimum atomic E-state index is 0.130. The Morgan fingerprint density at radius 3 is 2.73 bits per heavy atom. The molecule has 2 rings (SSSR count). The topological polar surface area (TPSA) is 41.6 Å². The highest BCUT2D eigenvalue weighted by Gasteiger charge is 2.20. The molecule has 22 heavy (non-hydrogen) atoms. The molecule has 0 saturated heterocycles. The molecule has 0 unspecified atom stereocenters. The first-order chi connectivity index (χ1) is 10.6. The zero-order valence-corrected chi connectivity index (χ0v) is 14.0. The first-order valence-electron chi connectivity index (χ1n) is 8.17. The maximum atomic E-state index is 12.1. The maximum Gasteiger partial charge on any atom is 0.234 e. The summed E-state index contributed by atoms with van der Waals surface area (Å²) in [6.07, 6.45) is 4.69. The fraction of sp³-hybridized carbons (Fsp3) is 0.611. The van der Waals surface area contributed by atoms with E-state index in [1.54, 1.807) is 7.11 Å². The van der Waals surface area contributed by atoms with Gasteiger partial charge in [-0.2, -0.15) is 0 Å². The predicted molar refractivity (Wildman–Crippen MR) is 88.9 cm³/mol. The van der Waals surface area contributed by atoms with Crippen LogP contribution in [-0.4, -0.2) is 37.6 Å². The predicted octanol–water partition coefficient (Wildman–Crippen LogP) is 2.82. The van der Waals surface area contributed by atoms with Gasteiger partial charge in [-0.15, -0.1) is 0 Å². The van der Waals surface area contributed by atoms with Crippen molar-refractivity contribution >= 4 is 5.91 Å². The molecule has 1 aromatic carbocycles. The van der Waals surface area contributed by atoms with E-state index in [0.29, 0.717) is 12.6 Å². The van der Waals surface area contributed by atoms with Crippen LogP contribution in [-0.2, 0) is 11.3 Å². The summed E-state index contributed by atoms with van der Waals surface area (Å²) in [4.78, 5) is 14.2. The second-order valence-corrected chi connectivity index (χ2v) is 6.55. The van der Waals surface area contributed by atoms with Crippen LogP contribution in [0.2, 0.25) is 0 Å². The third-order valence-corrected chi connectivity index (χ3v) is 4.38. The van der Waals surface area contributed by atoms with Crippen LogP contribution >= 0.6 is 0 Å². The number of ether oxygens (including phenoxy) is 1. The number of rotatable bonds is 6. The van der Waals surface area contributed by atoms with Crippen LogP contribution in [0.5, 0.6) is 5.75 Å². The number of methoxy groups -OCH3 is 1. The number of carbonyl (C=O) groups is 1. The number of hydrogen-bond acceptors (Lipinski definition) is 3. The molecule has 1 amide bonds. The average Bonchev–Trinajstić information content (AvgIpc) is 2.49. The zero-order valence-electron chi connectivity index (χ0n) is 14.0. The van der Waals surface area contributed by atoms with Gasteiger partial charge in [-0.25, -0.2) is 0 Å². The van der Waals surface area contributed by atoms with Crippen LogP contribution in [0.15, 0.2) is 24.3 Å². The third-order valence-electron chi connectivity index (χ3n) is 4.38. The Balaban J connectivity index is 1.76. The number of nitrogens with zero attached hydrogens (tertiary/aromatic N) is 1. The molecular weight excluding hydrogens is 276 g/mol. The first kappa shape index (κ1) is 16.8. The van der Waals surface area contributed by atoms with Crippen molar-refractivity contribution in [3.05, 3.63) is 29.8 Å². The van der Waals surface area contributed by atoms with E-state index in [1.165, 1.54) is 12.8 Å². The highest BCUT2D eigenvalue weighted by Crippen LogP contribution is 2.23. The largest absolute Gasteiger partial charge is 0.497 e. The fourth-order valence-corrected chi connectivity index (χ4v) is 3.06. The van der Waals surface area contributed by atoms with Crippen LogP contribution < -0.4 is 10.1 Å². The summed E-state index contributed by atoms with van der Waals surface area (Å²) < 4.78 is 5.23. The molecule has 1 saturated carbocycles. The van der Waals surface area contributed by atoms with E-state index in [4.69, 9.17) is 4.74 Å². The summed E-state index contributed by atoms with van der Waals surface area (Å²) in [5.74, 6) is 1.79. The molecule has 122 valence electrons. The van der Waals surface area contributed by atoms with Crippen molar-refractivity contribution in [2.24, 2.45) is 5.92 Å². The van der Waals surface area contributed by atoms with Crippen LogP contribution in [0.3, 0.4) is 0 Å². The lowest BCUT2D eigenvalue weighted by molar-refractivity contribution is -0.123. The standard InChI is InChI=1S/C18H28N2O2/c1-14-7-9-16(10-8-14)19-18(21)13-20(2)12-15-5-4-6-17(11-15)22-3/h4-6,11,14,16H,7-10,12-13H2,1-3H3,(H,19,21). The maximum absolute atomic E-state index is 12.1. The molecule has 1 aliphatic carbocycles. The number of carbonyl (C=O) groups excluding carboxylic acids is 1. The van der Waals surface area contributed by atoms with Crippen molar-refractivity contribution in [2.75, 3.05) is 20.7 Å². The molecule has 0 radical (unpaired) electrons. The molecule has 0 aromatic heterocycles. The van der Waals surface area contributed by atoms with Gasteiger partial charge in [0.1, 0.15) is 5.75 Å². The summed E-state index contributed by atoms with van der Waals surface area (Å²) in [7, 11) is 3.64. The molecule has 1 aromatic rings. The lowest BCUT2D eigenvalue weighted by Crippen LogP contribution is -2.42. The number of benzene rings is 1. The molecule has 4 heteroatoms. The lowest BCUT2D eigenvalue weighted by Gasteiger charge is -2.27. The van der Waals surface area contributed by atoms with Gasteiger partial charge in [0, 0.05) is 12.6 Å². The van der Waals surface area contributed by atoms with E-state index in [9.17, 15) is 4.79 Å². The van der Waals surface area contributed by atoms with Crippen molar-refractivity contribution in [2.45, 2.75) is 45.2 Å². The van der Waals surface area contributed by atoms with Gasteiger partial charge in [-0.1, -0.05) is 19.1 Å². The normalized spacial score (nSPS) is 21.6. The summed E-state index contributed by atoms with van der Waals surface area (Å²) >= 11 is 0. The van der Waals surface area contributed by atoms with E-state index in [0.717, 1.165) is 36.6 Å². The van der Waals surface area contributed by atoms with Crippen LogP contribution in [0, 0.1) is 5.92 Å². The Hall–Kier alpha value is -1.55. The first-order valence-corrected chi connectivity index (χ1v) is 8.17. The van der Waals surface area contributed by atoms with Gasteiger partial charge < -0.3 is 10.1 Å². The second-order valence-electron chi connectivity index (χ2n) is 6.55. The number of hydrogen-bond donors (Lipinski definition) is 1. The Bertz CT molecular complexity index is 482. The molecule has 1 aliphatic rings. The monoisotopic (exact) mass is 304 g/mol. The Kier molecular flexibility index (Phi) is 6.25. The highest BCUT2D eigenvalue weighted by atomic mass is 16.5. The van der Waals surface area contributed by atoms with Gasteiger partial charge in [0.25, 0.3) is 0 Å². The Morgan fingerprint density at radius 2 is 2.05 bits per heavy atom. The van der Waals surface area contributed by atoms with Gasteiger partial charge in [-0.3, -0.25) is 9.69 Å². The molecule has 0 spiro atoms. The summed E-state index contributed by atoms with van der Waals surface area (Å²) in [6.45, 7) is 3.47. The Labute approximate surface area is 133 Å². The molecule has 0 heterocycles. The van der Waals surface area contributed by atoms with Gasteiger partial charge in [-0.05, 0) is 56.3 Å². The van der Waals surface area contributed by atoms with Crippen molar-refractivity contribution < 1.29 is 9.53 Å². The molecule has 0 bridgehead atoms. The molecule has 1 N–H and O–H groups in total. The van der Waals surface area contributed by atoms with E-state index < -0.39 is 0 Å². The average molecular weight is 304 g/mol. The van der Waals surface area contributed by atoms with E-state index in [1.807, 2.05) is 30.1 Å². The van der Waals surface area contributed by atoms with Crippen LogP contribution in [0.1, 0.15) is 38.2 Å². The van der Waals surface area contributed by atoms with E-state index in [-0.39, 0.29) is 5.91 Å². The van der Waals surface area contributed by atoms with Gasteiger partial charge in [0.15, 0.2) is 0 Å². The lowest BCUT2D eigenvalue weighted by atomic mass is 9.87. The van der Waals surface area contributed by atoms with Gasteiger partial charge in [0.05, 0.1) is 13.7 Å². The second kappa shape index (κ2) is 8.18. The van der Waals surface area contributed by atoms with Crippen LogP contribution in [0.25, 0.3) is 0 Å². The molecule has 1 fully saturated rings. The molecule has 4 nitrogen and oxygen atoms in total. The minimum absolute atomic E-state index is 0.130.